The van der Waals surface area contributed by atoms with Crippen molar-refractivity contribution in [3.05, 3.63) is 46.6 Å². The largest absolute Gasteiger partial charge is 0.350 e. The van der Waals surface area contributed by atoms with Gasteiger partial charge in [0.25, 0.3) is 0 Å². The Labute approximate surface area is 240 Å². The molecule has 3 unspecified atom stereocenters. The van der Waals surface area contributed by atoms with E-state index in [1.54, 1.807) is 6.92 Å². The summed E-state index contributed by atoms with van der Waals surface area (Å²) in [4.78, 5) is 26.0. The van der Waals surface area contributed by atoms with Crippen LogP contribution < -0.4 is 5.32 Å². The second-order valence-electron chi connectivity index (χ2n) is 14.8. The van der Waals surface area contributed by atoms with Crippen molar-refractivity contribution >= 4 is 11.7 Å². The van der Waals surface area contributed by atoms with Gasteiger partial charge in [-0.2, -0.15) is 0 Å². The quantitative estimate of drug-likeness (QED) is 0.178. The molecule has 0 spiro atoms. The van der Waals surface area contributed by atoms with Crippen molar-refractivity contribution in [2.24, 2.45) is 22.7 Å². The maximum atomic E-state index is 13.5. The van der Waals surface area contributed by atoms with Crippen molar-refractivity contribution in [1.29, 1.82) is 0 Å². The lowest BCUT2D eigenvalue weighted by Crippen LogP contribution is -2.65. The van der Waals surface area contributed by atoms with Crippen molar-refractivity contribution in [3.8, 4) is 0 Å². The Balaban J connectivity index is 1.46. The fraction of sp³-hybridized carbons (Fsp3) is 0.722. The molecule has 4 fully saturated rings. The third-order valence-corrected chi connectivity index (χ3v) is 9.68. The van der Waals surface area contributed by atoms with Crippen molar-refractivity contribution in [2.45, 2.75) is 144 Å². The monoisotopic (exact) mass is 535 g/mol. The van der Waals surface area contributed by atoms with E-state index >= 15 is 0 Å². The lowest BCUT2D eigenvalue weighted by atomic mass is 9.42. The van der Waals surface area contributed by atoms with Gasteiger partial charge in [0.05, 0.1) is 5.92 Å². The fourth-order valence-corrected chi connectivity index (χ4v) is 8.70. The highest BCUT2D eigenvalue weighted by atomic mass is 16.2. The Kier molecular flexibility index (Phi) is 10.7. The zero-order chi connectivity index (χ0) is 28.8. The van der Waals surface area contributed by atoms with Crippen molar-refractivity contribution in [3.63, 3.8) is 0 Å². The average Bonchev–Trinajstić information content (AvgIpc) is 2.75. The molecular weight excluding hydrogens is 478 g/mol. The van der Waals surface area contributed by atoms with Gasteiger partial charge in [0.1, 0.15) is 5.78 Å². The van der Waals surface area contributed by atoms with Gasteiger partial charge in [-0.1, -0.05) is 60.4 Å². The van der Waals surface area contributed by atoms with Gasteiger partial charge in [-0.15, -0.1) is 0 Å². The van der Waals surface area contributed by atoms with Gasteiger partial charge in [0.15, 0.2) is 0 Å². The van der Waals surface area contributed by atoms with Crippen LogP contribution in [0.15, 0.2) is 46.6 Å². The second kappa shape index (κ2) is 13.2. The first kappa shape index (κ1) is 31.6. The van der Waals surface area contributed by atoms with Crippen LogP contribution in [0.4, 0.5) is 0 Å². The number of amides is 1. The van der Waals surface area contributed by atoms with Crippen LogP contribution in [-0.2, 0) is 9.59 Å². The minimum atomic E-state index is -0.572. The summed E-state index contributed by atoms with van der Waals surface area (Å²) in [5.41, 5.74) is 6.17. The van der Waals surface area contributed by atoms with Crippen LogP contribution in [0.1, 0.15) is 139 Å². The minimum Gasteiger partial charge on any atom is -0.350 e. The van der Waals surface area contributed by atoms with Gasteiger partial charge < -0.3 is 5.32 Å². The Bertz CT molecular complexity index is 1000. The van der Waals surface area contributed by atoms with Crippen molar-refractivity contribution < 1.29 is 9.59 Å². The summed E-state index contributed by atoms with van der Waals surface area (Å²) in [6.45, 7) is 17.4. The topological polar surface area (TPSA) is 46.2 Å². The fourth-order valence-electron chi connectivity index (χ4n) is 8.70. The average molecular weight is 536 g/mol. The van der Waals surface area contributed by atoms with E-state index in [1.807, 2.05) is 0 Å². The lowest BCUT2D eigenvalue weighted by Gasteiger charge is -2.65. The van der Waals surface area contributed by atoms with E-state index < -0.39 is 5.92 Å². The zero-order valence-electron chi connectivity index (χ0n) is 26.5. The molecule has 1 N–H and O–H groups in total. The summed E-state index contributed by atoms with van der Waals surface area (Å²) in [7, 11) is 0. The Hall–Kier alpha value is -1.90. The highest BCUT2D eigenvalue weighted by Crippen LogP contribution is 2.66. The van der Waals surface area contributed by atoms with Gasteiger partial charge in [-0.05, 0) is 142 Å². The molecule has 4 bridgehead atoms. The lowest BCUT2D eigenvalue weighted by molar-refractivity contribution is -0.145. The van der Waals surface area contributed by atoms with E-state index in [2.05, 4.69) is 78.1 Å². The predicted molar refractivity (Wildman–Crippen MR) is 165 cm³/mol. The summed E-state index contributed by atoms with van der Waals surface area (Å²) in [5.74, 6) is 0.0930. The van der Waals surface area contributed by atoms with Gasteiger partial charge in [-0.3, -0.25) is 9.59 Å². The molecule has 0 aromatic carbocycles. The maximum Gasteiger partial charge on any atom is 0.231 e. The molecule has 39 heavy (non-hydrogen) atoms. The molecule has 0 saturated heterocycles. The molecule has 4 saturated carbocycles. The number of carbonyl (C=O) groups is 2. The number of rotatable bonds is 14. The molecule has 0 radical (unpaired) electrons. The molecule has 3 nitrogen and oxygen atoms in total. The molecule has 0 aliphatic heterocycles. The Morgan fingerprint density at radius 3 is 1.67 bits per heavy atom. The molecule has 218 valence electrons. The Morgan fingerprint density at radius 2 is 1.21 bits per heavy atom. The summed E-state index contributed by atoms with van der Waals surface area (Å²) in [5, 5.41) is 3.48. The smallest absolute Gasteiger partial charge is 0.231 e. The van der Waals surface area contributed by atoms with E-state index in [1.165, 1.54) is 41.6 Å². The number of allylic oxidation sites excluding steroid dienone is 8. The molecule has 0 aromatic rings. The SMILES string of the molecule is CC(=O)C(CC=C(C)CCC=C(C)CCC=C(C)CCC=C(C)C)C(=O)NC12CC3CC(C)(CC(C)(C3)C1)C2. The van der Waals surface area contributed by atoms with Gasteiger partial charge >= 0.3 is 0 Å². The van der Waals surface area contributed by atoms with Crippen LogP contribution in [-0.4, -0.2) is 17.2 Å². The zero-order valence-corrected chi connectivity index (χ0v) is 26.5. The molecule has 0 heterocycles. The van der Waals surface area contributed by atoms with Crippen LogP contribution in [0.2, 0.25) is 0 Å². The minimum absolute atomic E-state index is 0.0151. The normalized spacial score (nSPS) is 31.3. The molecule has 0 aromatic heterocycles. The summed E-state index contributed by atoms with van der Waals surface area (Å²) in [6.07, 6.45) is 23.3. The first-order chi connectivity index (χ1) is 18.2. The molecular formula is C36H57NO2. The van der Waals surface area contributed by atoms with Gasteiger partial charge in [0.2, 0.25) is 5.91 Å². The van der Waals surface area contributed by atoms with E-state index in [0.717, 1.165) is 63.7 Å². The van der Waals surface area contributed by atoms with Crippen LogP contribution in [0.25, 0.3) is 0 Å². The Morgan fingerprint density at radius 1 is 0.718 bits per heavy atom. The number of hydrogen-bond donors (Lipinski definition) is 1. The summed E-state index contributed by atoms with van der Waals surface area (Å²) < 4.78 is 0. The van der Waals surface area contributed by atoms with Gasteiger partial charge in [0, 0.05) is 5.54 Å². The molecule has 1 amide bonds. The molecule has 4 aliphatic carbocycles. The van der Waals surface area contributed by atoms with Gasteiger partial charge in [-0.25, -0.2) is 0 Å². The third-order valence-electron chi connectivity index (χ3n) is 9.68. The first-order valence-corrected chi connectivity index (χ1v) is 15.6. The number of carbonyl (C=O) groups excluding carboxylic acids is 2. The van der Waals surface area contributed by atoms with Crippen molar-refractivity contribution in [1.82, 2.24) is 5.32 Å². The predicted octanol–water partition coefficient (Wildman–Crippen LogP) is 9.59. The van der Waals surface area contributed by atoms with Crippen LogP contribution in [0.3, 0.4) is 0 Å². The molecule has 3 heteroatoms. The summed E-state index contributed by atoms with van der Waals surface area (Å²) in [6, 6.07) is 0. The van der Waals surface area contributed by atoms with Crippen LogP contribution in [0.5, 0.6) is 0 Å². The van der Waals surface area contributed by atoms with Crippen LogP contribution >= 0.6 is 0 Å². The number of Topliss-reactive ketones (excluding diaryl/α,β-unsaturated/α-hetero) is 1. The first-order valence-electron chi connectivity index (χ1n) is 15.6. The van der Waals surface area contributed by atoms with E-state index in [4.69, 9.17) is 0 Å². The van der Waals surface area contributed by atoms with Crippen molar-refractivity contribution in [2.75, 3.05) is 0 Å². The summed E-state index contributed by atoms with van der Waals surface area (Å²) >= 11 is 0. The second-order valence-corrected chi connectivity index (χ2v) is 14.8. The molecule has 4 rings (SSSR count). The van der Waals surface area contributed by atoms with E-state index in [-0.39, 0.29) is 17.2 Å². The standard InChI is InChI=1S/C36H57NO2/c1-26(2)12-9-13-27(3)14-10-15-28(4)16-11-17-29(5)18-19-32(30(6)38)33(39)37-36-22-31-20-34(7,24-36)23-35(8,21-31)25-36/h12,14,16,18,31-32H,9-11,13,15,17,19-25H2,1-8H3,(H,37,39). The molecule has 4 aliphatic rings. The maximum absolute atomic E-state index is 13.5. The third kappa shape index (κ3) is 9.32. The number of ketones is 1. The number of hydrogen-bond acceptors (Lipinski definition) is 2. The highest BCUT2D eigenvalue weighted by Gasteiger charge is 2.60. The van der Waals surface area contributed by atoms with E-state index in [0.29, 0.717) is 17.3 Å². The van der Waals surface area contributed by atoms with E-state index in [9.17, 15) is 9.59 Å². The number of nitrogens with one attached hydrogen (secondary N) is 1. The van der Waals surface area contributed by atoms with Crippen LogP contribution in [0, 0.1) is 22.7 Å². The molecule has 3 atom stereocenters. The highest BCUT2D eigenvalue weighted by molar-refractivity contribution is 6.00.